The van der Waals surface area contributed by atoms with Gasteiger partial charge in [0.15, 0.2) is 0 Å². The average molecular weight is 414 g/mol. The van der Waals surface area contributed by atoms with E-state index >= 15 is 0 Å². The summed E-state index contributed by atoms with van der Waals surface area (Å²) in [5.41, 5.74) is 0.656. The minimum Gasteiger partial charge on any atom is -0.464 e. The molecule has 6 nitrogen and oxygen atoms in total. The molecule has 1 aromatic heterocycles. The van der Waals surface area contributed by atoms with Gasteiger partial charge in [-0.1, -0.05) is 13.8 Å². The molecule has 0 amide bonds. The molecule has 2 aliphatic carbocycles. The van der Waals surface area contributed by atoms with Gasteiger partial charge in [-0.25, -0.2) is 0 Å². The zero-order valence-electron chi connectivity index (χ0n) is 18.5. The third kappa shape index (κ3) is 2.59. The lowest BCUT2D eigenvalue weighted by atomic mass is 9.45. The number of aryl methyl sites for hydroxylation is 1. The second-order valence-electron chi connectivity index (χ2n) is 9.65. The van der Waals surface area contributed by atoms with E-state index in [1.807, 2.05) is 39.8 Å². The first kappa shape index (κ1) is 20.9. The third-order valence-electron chi connectivity index (χ3n) is 7.68. The first-order valence-electron chi connectivity index (χ1n) is 10.5. The molecule has 2 aromatic rings. The van der Waals surface area contributed by atoms with Crippen molar-refractivity contribution in [3.05, 3.63) is 35.1 Å². The molecule has 0 aliphatic heterocycles. The van der Waals surface area contributed by atoms with Crippen molar-refractivity contribution in [1.82, 2.24) is 0 Å². The summed E-state index contributed by atoms with van der Waals surface area (Å²) in [6.07, 6.45) is 1.96. The molecule has 4 atom stereocenters. The van der Waals surface area contributed by atoms with E-state index < -0.39 is 40.6 Å². The standard InChI is InChI=1S/C24H30O6/c1-13-16-8-10-28-19(16)12-18-17(13)11-21(30-15(3)26)24(27)22(4,5)9-7-20(23(18,24)6)29-14(2)25/h8,10,12,20-21,27H,7,9,11H2,1-6H3/t20-,21-,23-,24+/m0/s1. The molecule has 6 heteroatoms. The lowest BCUT2D eigenvalue weighted by Crippen LogP contribution is -2.75. The Bertz CT molecular complexity index is 1030. The topological polar surface area (TPSA) is 86.0 Å². The molecule has 4 rings (SSSR count). The first-order valence-corrected chi connectivity index (χ1v) is 10.5. The molecule has 1 saturated carbocycles. The van der Waals surface area contributed by atoms with Crippen molar-refractivity contribution in [1.29, 1.82) is 0 Å². The van der Waals surface area contributed by atoms with E-state index in [-0.39, 0.29) is 0 Å². The van der Waals surface area contributed by atoms with Crippen LogP contribution >= 0.6 is 0 Å². The van der Waals surface area contributed by atoms with Crippen LogP contribution in [-0.2, 0) is 30.9 Å². The summed E-state index contributed by atoms with van der Waals surface area (Å²) in [5.74, 6) is -0.832. The van der Waals surface area contributed by atoms with Crippen LogP contribution in [0.1, 0.15) is 64.2 Å². The van der Waals surface area contributed by atoms with E-state index in [9.17, 15) is 14.7 Å². The molecule has 0 unspecified atom stereocenters. The van der Waals surface area contributed by atoms with Crippen LogP contribution in [0, 0.1) is 12.3 Å². The molecular weight excluding hydrogens is 384 g/mol. The molecule has 162 valence electrons. The van der Waals surface area contributed by atoms with E-state index in [0.29, 0.717) is 19.3 Å². The Hall–Kier alpha value is -2.34. The number of esters is 2. The number of ether oxygens (including phenoxy) is 2. The van der Waals surface area contributed by atoms with Crippen molar-refractivity contribution in [2.24, 2.45) is 5.41 Å². The molecule has 0 radical (unpaired) electrons. The van der Waals surface area contributed by atoms with Crippen LogP contribution in [0.5, 0.6) is 0 Å². The maximum atomic E-state index is 12.4. The maximum absolute atomic E-state index is 12.4. The van der Waals surface area contributed by atoms with Crippen molar-refractivity contribution in [3.8, 4) is 0 Å². The molecule has 0 spiro atoms. The van der Waals surface area contributed by atoms with Gasteiger partial charge >= 0.3 is 11.9 Å². The van der Waals surface area contributed by atoms with Crippen molar-refractivity contribution >= 4 is 22.9 Å². The second-order valence-corrected chi connectivity index (χ2v) is 9.65. The molecule has 1 N–H and O–H groups in total. The molecule has 0 bridgehead atoms. The highest BCUT2D eigenvalue weighted by Gasteiger charge is 2.70. The number of furan rings is 1. The van der Waals surface area contributed by atoms with Crippen LogP contribution in [0.2, 0.25) is 0 Å². The highest BCUT2D eigenvalue weighted by molar-refractivity contribution is 5.84. The van der Waals surface area contributed by atoms with Gasteiger partial charge in [0.2, 0.25) is 0 Å². The Morgan fingerprint density at radius 2 is 1.77 bits per heavy atom. The largest absolute Gasteiger partial charge is 0.464 e. The fraction of sp³-hybridized carbons (Fsp3) is 0.583. The molecule has 0 saturated heterocycles. The van der Waals surface area contributed by atoms with Gasteiger partial charge in [0.1, 0.15) is 23.4 Å². The van der Waals surface area contributed by atoms with E-state index in [1.165, 1.54) is 13.8 Å². The van der Waals surface area contributed by atoms with Crippen LogP contribution in [0.4, 0.5) is 0 Å². The van der Waals surface area contributed by atoms with Gasteiger partial charge in [-0.15, -0.1) is 0 Å². The Morgan fingerprint density at radius 1 is 1.13 bits per heavy atom. The number of hydrogen-bond acceptors (Lipinski definition) is 6. The predicted octanol–water partition coefficient (Wildman–Crippen LogP) is 3.97. The smallest absolute Gasteiger partial charge is 0.303 e. The summed E-state index contributed by atoms with van der Waals surface area (Å²) in [6.45, 7) is 10.7. The van der Waals surface area contributed by atoms with Crippen molar-refractivity contribution in [2.45, 2.75) is 84.0 Å². The molecule has 1 fully saturated rings. The SMILES string of the molecule is CC(=O)O[C@H]1CCC(C)(C)[C@]2(O)[C@@H](OC(C)=O)Cc3c(cc4occc4c3C)[C@@]12C. The van der Waals surface area contributed by atoms with Gasteiger partial charge in [-0.05, 0) is 60.9 Å². The van der Waals surface area contributed by atoms with Crippen LogP contribution in [0.15, 0.2) is 22.8 Å². The number of carbonyl (C=O) groups is 2. The van der Waals surface area contributed by atoms with Gasteiger partial charge in [-0.2, -0.15) is 0 Å². The first-order chi connectivity index (χ1) is 13.9. The second kappa shape index (κ2) is 6.58. The maximum Gasteiger partial charge on any atom is 0.303 e. The predicted molar refractivity (Wildman–Crippen MR) is 111 cm³/mol. The Kier molecular flexibility index (Phi) is 4.59. The summed E-state index contributed by atoms with van der Waals surface area (Å²) < 4.78 is 17.3. The lowest BCUT2D eigenvalue weighted by molar-refractivity contribution is -0.253. The highest BCUT2D eigenvalue weighted by Crippen LogP contribution is 2.61. The van der Waals surface area contributed by atoms with Crippen LogP contribution in [-0.4, -0.2) is 34.9 Å². The Labute approximate surface area is 176 Å². The minimum absolute atomic E-state index is 0.393. The van der Waals surface area contributed by atoms with Gasteiger partial charge in [0, 0.05) is 25.7 Å². The number of rotatable bonds is 2. The summed E-state index contributed by atoms with van der Waals surface area (Å²) in [6, 6.07) is 3.88. The molecule has 1 heterocycles. The van der Waals surface area contributed by atoms with Gasteiger partial charge < -0.3 is 19.0 Å². The zero-order valence-corrected chi connectivity index (χ0v) is 18.5. The van der Waals surface area contributed by atoms with Crippen LogP contribution in [0.3, 0.4) is 0 Å². The number of fused-ring (bicyclic) bond motifs is 4. The lowest BCUT2D eigenvalue weighted by Gasteiger charge is -2.64. The molecular formula is C24H30O6. The summed E-state index contributed by atoms with van der Waals surface area (Å²) in [5, 5.41) is 13.4. The minimum atomic E-state index is -1.44. The monoisotopic (exact) mass is 414 g/mol. The quantitative estimate of drug-likeness (QED) is 0.749. The Morgan fingerprint density at radius 3 is 2.40 bits per heavy atom. The third-order valence-corrected chi connectivity index (χ3v) is 7.68. The molecule has 1 aromatic carbocycles. The van der Waals surface area contributed by atoms with Gasteiger partial charge in [0.25, 0.3) is 0 Å². The van der Waals surface area contributed by atoms with Crippen molar-refractivity contribution < 1.29 is 28.6 Å². The van der Waals surface area contributed by atoms with E-state index in [2.05, 4.69) is 0 Å². The number of benzene rings is 1. The number of hydrogen-bond donors (Lipinski definition) is 1. The fourth-order valence-electron chi connectivity index (χ4n) is 6.16. The van der Waals surface area contributed by atoms with E-state index in [1.54, 1.807) is 6.26 Å². The van der Waals surface area contributed by atoms with E-state index in [4.69, 9.17) is 13.9 Å². The average Bonchev–Trinajstić information content (AvgIpc) is 3.11. The van der Waals surface area contributed by atoms with Gasteiger partial charge in [-0.3, -0.25) is 9.59 Å². The molecule has 30 heavy (non-hydrogen) atoms. The summed E-state index contributed by atoms with van der Waals surface area (Å²) in [7, 11) is 0. The fourth-order valence-corrected chi connectivity index (χ4v) is 6.16. The zero-order chi connectivity index (χ0) is 22.1. The van der Waals surface area contributed by atoms with Crippen molar-refractivity contribution in [2.75, 3.05) is 0 Å². The van der Waals surface area contributed by atoms with Gasteiger partial charge in [0.05, 0.1) is 11.7 Å². The van der Waals surface area contributed by atoms with Crippen molar-refractivity contribution in [3.63, 3.8) is 0 Å². The molecule has 2 aliphatic rings. The number of carbonyl (C=O) groups excluding carboxylic acids is 2. The normalized spacial score (nSPS) is 32.2. The van der Waals surface area contributed by atoms with E-state index in [0.717, 1.165) is 27.7 Å². The summed E-state index contributed by atoms with van der Waals surface area (Å²) >= 11 is 0. The summed E-state index contributed by atoms with van der Waals surface area (Å²) in [4.78, 5) is 24.0. The van der Waals surface area contributed by atoms with Crippen LogP contribution in [0.25, 0.3) is 11.0 Å². The van der Waals surface area contributed by atoms with Crippen LogP contribution < -0.4 is 0 Å². The highest BCUT2D eigenvalue weighted by atomic mass is 16.6. The number of aliphatic hydroxyl groups is 1. The Balaban J connectivity index is 2.06.